The first kappa shape index (κ1) is 16.1. The number of unbranched alkanes of at least 4 members (excludes halogenated alkanes) is 3. The molecule has 5 heteroatoms. The highest BCUT2D eigenvalue weighted by Crippen LogP contribution is 2.18. The van der Waals surface area contributed by atoms with Crippen LogP contribution in [0.15, 0.2) is 29.2 Å². The van der Waals surface area contributed by atoms with E-state index in [9.17, 15) is 8.42 Å². The lowest BCUT2D eigenvalue weighted by molar-refractivity contribution is 0.555. The zero-order valence-corrected chi connectivity index (χ0v) is 12.3. The minimum atomic E-state index is -3.40. The van der Waals surface area contributed by atoms with Gasteiger partial charge in [-0.2, -0.15) is 0 Å². The highest BCUT2D eigenvalue weighted by Gasteiger charge is 2.22. The SMILES string of the molecule is Cc1ccc(S(=O)(=O)C(N)CCCCCCN)cc1. The van der Waals surface area contributed by atoms with Gasteiger partial charge in [0.15, 0.2) is 9.84 Å². The second-order valence-corrected chi connectivity index (χ2v) is 7.05. The third-order valence-electron chi connectivity index (χ3n) is 3.19. The minimum absolute atomic E-state index is 0.313. The van der Waals surface area contributed by atoms with E-state index < -0.39 is 15.2 Å². The normalized spacial score (nSPS) is 13.4. The van der Waals surface area contributed by atoms with Crippen LogP contribution in [0.1, 0.15) is 37.7 Å². The molecular formula is C14H24N2O2S. The molecule has 4 nitrogen and oxygen atoms in total. The molecule has 4 N–H and O–H groups in total. The summed E-state index contributed by atoms with van der Waals surface area (Å²) in [5.41, 5.74) is 12.3. The number of rotatable bonds is 8. The molecule has 0 saturated carbocycles. The Morgan fingerprint density at radius 1 is 1.05 bits per heavy atom. The molecular weight excluding hydrogens is 260 g/mol. The van der Waals surface area contributed by atoms with Gasteiger partial charge in [-0.3, -0.25) is 0 Å². The molecule has 0 aromatic heterocycles. The number of aryl methyl sites for hydroxylation is 1. The van der Waals surface area contributed by atoms with Crippen molar-refractivity contribution in [1.82, 2.24) is 0 Å². The van der Waals surface area contributed by atoms with Gasteiger partial charge < -0.3 is 11.5 Å². The summed E-state index contributed by atoms with van der Waals surface area (Å²) in [7, 11) is -3.40. The average Bonchev–Trinajstić information content (AvgIpc) is 2.38. The Bertz CT molecular complexity index is 469. The summed E-state index contributed by atoms with van der Waals surface area (Å²) < 4.78 is 24.4. The molecule has 1 aromatic carbocycles. The predicted molar refractivity (Wildman–Crippen MR) is 78.5 cm³/mol. The summed E-state index contributed by atoms with van der Waals surface area (Å²) in [5, 5.41) is -0.812. The van der Waals surface area contributed by atoms with Gasteiger partial charge >= 0.3 is 0 Å². The Morgan fingerprint density at radius 2 is 1.63 bits per heavy atom. The van der Waals surface area contributed by atoms with Gasteiger partial charge in [0, 0.05) is 0 Å². The van der Waals surface area contributed by atoms with E-state index in [-0.39, 0.29) is 0 Å². The van der Waals surface area contributed by atoms with E-state index in [1.54, 1.807) is 24.3 Å². The van der Waals surface area contributed by atoms with E-state index >= 15 is 0 Å². The number of hydrogen-bond acceptors (Lipinski definition) is 4. The van der Waals surface area contributed by atoms with Gasteiger partial charge in [0.1, 0.15) is 5.37 Å². The highest BCUT2D eigenvalue weighted by atomic mass is 32.2. The summed E-state index contributed by atoms with van der Waals surface area (Å²) in [5.74, 6) is 0. The topological polar surface area (TPSA) is 86.2 Å². The van der Waals surface area contributed by atoms with E-state index in [1.165, 1.54) is 0 Å². The van der Waals surface area contributed by atoms with Gasteiger partial charge in [0.25, 0.3) is 0 Å². The van der Waals surface area contributed by atoms with Gasteiger partial charge in [-0.1, -0.05) is 37.0 Å². The molecule has 19 heavy (non-hydrogen) atoms. The van der Waals surface area contributed by atoms with Crippen LogP contribution < -0.4 is 11.5 Å². The second-order valence-electron chi connectivity index (χ2n) is 4.89. The van der Waals surface area contributed by atoms with Gasteiger partial charge in [-0.15, -0.1) is 0 Å². The average molecular weight is 284 g/mol. The number of hydrogen-bond donors (Lipinski definition) is 2. The van der Waals surface area contributed by atoms with Gasteiger partial charge in [-0.05, 0) is 38.4 Å². The fourth-order valence-electron chi connectivity index (χ4n) is 1.90. The fourth-order valence-corrected chi connectivity index (χ4v) is 3.24. The highest BCUT2D eigenvalue weighted by molar-refractivity contribution is 7.92. The predicted octanol–water partition coefficient (Wildman–Crippen LogP) is 1.96. The first-order chi connectivity index (χ1) is 8.98. The first-order valence-corrected chi connectivity index (χ1v) is 8.29. The van der Waals surface area contributed by atoms with E-state index in [0.717, 1.165) is 31.2 Å². The summed E-state index contributed by atoms with van der Waals surface area (Å²) in [6.45, 7) is 2.61. The Balaban J connectivity index is 2.54. The molecule has 1 rings (SSSR count). The molecule has 0 saturated heterocycles. The molecule has 0 amide bonds. The zero-order valence-electron chi connectivity index (χ0n) is 11.5. The second kappa shape index (κ2) is 7.62. The molecule has 0 spiro atoms. The van der Waals surface area contributed by atoms with Crippen molar-refractivity contribution in [3.63, 3.8) is 0 Å². The molecule has 108 valence electrons. The van der Waals surface area contributed by atoms with Crippen molar-refractivity contribution in [2.45, 2.75) is 49.3 Å². The monoisotopic (exact) mass is 284 g/mol. The van der Waals surface area contributed by atoms with Crippen LogP contribution in [0.25, 0.3) is 0 Å². The van der Waals surface area contributed by atoms with Crippen LogP contribution >= 0.6 is 0 Å². The Kier molecular flexibility index (Phi) is 6.48. The summed E-state index contributed by atoms with van der Waals surface area (Å²) in [4.78, 5) is 0.313. The first-order valence-electron chi connectivity index (χ1n) is 6.74. The smallest absolute Gasteiger partial charge is 0.193 e. The molecule has 0 radical (unpaired) electrons. The van der Waals surface area contributed by atoms with Crippen LogP contribution in [0.3, 0.4) is 0 Å². The maximum Gasteiger partial charge on any atom is 0.193 e. The third kappa shape index (κ3) is 4.93. The molecule has 1 unspecified atom stereocenters. The zero-order chi connectivity index (χ0) is 14.3. The Labute approximate surface area is 116 Å². The van der Waals surface area contributed by atoms with Crippen molar-refractivity contribution < 1.29 is 8.42 Å². The standard InChI is InChI=1S/C14H24N2O2S/c1-12-7-9-13(10-8-12)19(17,18)14(16)6-4-2-3-5-11-15/h7-10,14H,2-6,11,15-16H2,1H3. The van der Waals surface area contributed by atoms with Crippen molar-refractivity contribution in [3.05, 3.63) is 29.8 Å². The van der Waals surface area contributed by atoms with Crippen LogP contribution in [-0.4, -0.2) is 20.3 Å². The quantitative estimate of drug-likeness (QED) is 0.714. The van der Waals surface area contributed by atoms with Crippen molar-refractivity contribution in [3.8, 4) is 0 Å². The van der Waals surface area contributed by atoms with Gasteiger partial charge in [0.2, 0.25) is 0 Å². The molecule has 0 aliphatic heterocycles. The maximum atomic E-state index is 12.2. The summed E-state index contributed by atoms with van der Waals surface area (Å²) >= 11 is 0. The van der Waals surface area contributed by atoms with E-state index in [0.29, 0.717) is 17.9 Å². The lowest BCUT2D eigenvalue weighted by Gasteiger charge is -2.13. The molecule has 0 aliphatic carbocycles. The molecule has 0 heterocycles. The number of nitrogens with two attached hydrogens (primary N) is 2. The Morgan fingerprint density at radius 3 is 2.21 bits per heavy atom. The summed E-state index contributed by atoms with van der Waals surface area (Å²) in [6.07, 6.45) is 4.33. The van der Waals surface area contributed by atoms with Crippen LogP contribution in [0.5, 0.6) is 0 Å². The van der Waals surface area contributed by atoms with Crippen molar-refractivity contribution >= 4 is 9.84 Å². The van der Waals surface area contributed by atoms with Crippen LogP contribution in [0, 0.1) is 6.92 Å². The van der Waals surface area contributed by atoms with Crippen LogP contribution in [-0.2, 0) is 9.84 Å². The molecule has 0 bridgehead atoms. The lowest BCUT2D eigenvalue weighted by Crippen LogP contribution is -2.30. The van der Waals surface area contributed by atoms with E-state index in [4.69, 9.17) is 11.5 Å². The van der Waals surface area contributed by atoms with Crippen molar-refractivity contribution in [2.24, 2.45) is 11.5 Å². The van der Waals surface area contributed by atoms with E-state index in [2.05, 4.69) is 0 Å². The number of sulfone groups is 1. The third-order valence-corrected chi connectivity index (χ3v) is 5.15. The van der Waals surface area contributed by atoms with Crippen molar-refractivity contribution in [2.75, 3.05) is 6.54 Å². The maximum absolute atomic E-state index is 12.2. The van der Waals surface area contributed by atoms with Crippen molar-refractivity contribution in [1.29, 1.82) is 0 Å². The molecule has 0 fully saturated rings. The molecule has 0 aliphatic rings. The lowest BCUT2D eigenvalue weighted by atomic mass is 10.1. The Hall–Kier alpha value is -0.910. The molecule has 1 aromatic rings. The summed E-state index contributed by atoms with van der Waals surface area (Å²) in [6, 6.07) is 6.83. The molecule has 1 atom stereocenters. The van der Waals surface area contributed by atoms with Crippen LogP contribution in [0.4, 0.5) is 0 Å². The minimum Gasteiger partial charge on any atom is -0.330 e. The largest absolute Gasteiger partial charge is 0.330 e. The van der Waals surface area contributed by atoms with Gasteiger partial charge in [0.05, 0.1) is 4.90 Å². The van der Waals surface area contributed by atoms with E-state index in [1.807, 2.05) is 6.92 Å². The van der Waals surface area contributed by atoms with Gasteiger partial charge in [-0.25, -0.2) is 8.42 Å². The fraction of sp³-hybridized carbons (Fsp3) is 0.571. The van der Waals surface area contributed by atoms with Crippen LogP contribution in [0.2, 0.25) is 0 Å². The number of benzene rings is 1.